The number of carbonyl (C=O) groups excluding carboxylic acids is 1. The Balaban J connectivity index is 2.25. The van der Waals surface area contributed by atoms with Gasteiger partial charge in [0, 0.05) is 34.7 Å². The summed E-state index contributed by atoms with van der Waals surface area (Å²) in [5.74, 6) is -0.393. The number of ketones is 1. The minimum Gasteiger partial charge on any atom is -0.508 e. The van der Waals surface area contributed by atoms with Crippen molar-refractivity contribution >= 4 is 23.1 Å². The fraction of sp³-hybridized carbons (Fsp3) is 0.0714. The quantitative estimate of drug-likeness (QED) is 0.532. The molecule has 0 aliphatic carbocycles. The van der Waals surface area contributed by atoms with E-state index in [2.05, 4.69) is 0 Å². The number of carbonyl (C=O) groups is 1. The number of aromatic hydroxyl groups is 1. The molecule has 0 unspecified atom stereocenters. The molecule has 0 atom stereocenters. The van der Waals surface area contributed by atoms with E-state index in [1.807, 2.05) is 0 Å². The third-order valence-electron chi connectivity index (χ3n) is 2.79. The van der Waals surface area contributed by atoms with Crippen molar-refractivity contribution < 1.29 is 14.8 Å². The second kappa shape index (κ2) is 5.71. The number of benzene rings is 2. The Hall–Kier alpha value is -2.40. The van der Waals surface area contributed by atoms with E-state index >= 15 is 0 Å². The minimum atomic E-state index is -0.574. The van der Waals surface area contributed by atoms with E-state index < -0.39 is 4.92 Å². The summed E-state index contributed by atoms with van der Waals surface area (Å²) < 4.78 is 0. The molecular formula is C14H10ClNO4. The van der Waals surface area contributed by atoms with Crippen LogP contribution in [0.3, 0.4) is 0 Å². The van der Waals surface area contributed by atoms with E-state index in [9.17, 15) is 20.0 Å². The lowest BCUT2D eigenvalue weighted by Gasteiger charge is -2.04. The smallest absolute Gasteiger partial charge is 0.269 e. The van der Waals surface area contributed by atoms with Crippen LogP contribution in [0.1, 0.15) is 15.9 Å². The largest absolute Gasteiger partial charge is 0.508 e. The van der Waals surface area contributed by atoms with Crippen molar-refractivity contribution in [2.75, 3.05) is 0 Å². The van der Waals surface area contributed by atoms with Crippen LogP contribution < -0.4 is 0 Å². The van der Waals surface area contributed by atoms with Crippen molar-refractivity contribution in [2.24, 2.45) is 0 Å². The van der Waals surface area contributed by atoms with E-state index in [0.717, 1.165) is 0 Å². The zero-order chi connectivity index (χ0) is 14.7. The Bertz CT molecular complexity index is 667. The molecule has 0 aliphatic heterocycles. The van der Waals surface area contributed by atoms with E-state index in [1.54, 1.807) is 24.3 Å². The molecule has 0 radical (unpaired) electrons. The lowest BCUT2D eigenvalue weighted by Crippen LogP contribution is -2.04. The van der Waals surface area contributed by atoms with Gasteiger partial charge in [0.15, 0.2) is 5.78 Å². The number of phenols is 1. The summed E-state index contributed by atoms with van der Waals surface area (Å²) in [6.07, 6.45) is -0.116. The lowest BCUT2D eigenvalue weighted by molar-refractivity contribution is -0.384. The number of nitro groups is 1. The highest BCUT2D eigenvalue weighted by Crippen LogP contribution is 2.24. The number of hydrogen-bond donors (Lipinski definition) is 1. The first-order valence-electron chi connectivity index (χ1n) is 5.72. The summed E-state index contributed by atoms with van der Waals surface area (Å²) in [5, 5.41) is 20.9. The molecule has 2 aromatic rings. The summed E-state index contributed by atoms with van der Waals surface area (Å²) in [6.45, 7) is 0. The third-order valence-corrected chi connectivity index (χ3v) is 3.04. The predicted molar refractivity (Wildman–Crippen MR) is 74.2 cm³/mol. The van der Waals surface area contributed by atoms with Crippen LogP contribution in [0.5, 0.6) is 5.75 Å². The Labute approximate surface area is 119 Å². The first-order chi connectivity index (χ1) is 9.47. The number of non-ortho nitro benzene ring substituents is 1. The van der Waals surface area contributed by atoms with Crippen molar-refractivity contribution in [1.29, 1.82) is 0 Å². The zero-order valence-corrected chi connectivity index (χ0v) is 11.0. The van der Waals surface area contributed by atoms with Gasteiger partial charge in [-0.3, -0.25) is 14.9 Å². The number of Topliss-reactive ketones (excluding diaryl/α,β-unsaturated/α-hetero) is 1. The number of rotatable bonds is 4. The predicted octanol–water partition coefficient (Wildman–Crippen LogP) is 3.38. The molecule has 0 heterocycles. The van der Waals surface area contributed by atoms with E-state index in [0.29, 0.717) is 10.6 Å². The molecule has 0 saturated carbocycles. The third kappa shape index (κ3) is 3.13. The van der Waals surface area contributed by atoms with Gasteiger partial charge in [0.05, 0.1) is 4.92 Å². The van der Waals surface area contributed by atoms with E-state index in [1.165, 1.54) is 18.2 Å². The SMILES string of the molecule is O=C(Cc1cc([N+](=O)[O-])ccc1O)c1ccc(Cl)cc1. The van der Waals surface area contributed by atoms with Gasteiger partial charge in [0.1, 0.15) is 5.75 Å². The molecule has 5 nitrogen and oxygen atoms in total. The van der Waals surface area contributed by atoms with Gasteiger partial charge < -0.3 is 5.11 Å². The van der Waals surface area contributed by atoms with Gasteiger partial charge in [-0.25, -0.2) is 0 Å². The van der Waals surface area contributed by atoms with Gasteiger partial charge in [-0.05, 0) is 30.3 Å². The van der Waals surface area contributed by atoms with Gasteiger partial charge in [-0.1, -0.05) is 11.6 Å². The van der Waals surface area contributed by atoms with E-state index in [-0.39, 0.29) is 29.2 Å². The molecule has 0 amide bonds. The van der Waals surface area contributed by atoms with Crippen molar-refractivity contribution in [1.82, 2.24) is 0 Å². The fourth-order valence-electron chi connectivity index (χ4n) is 1.74. The Morgan fingerprint density at radius 2 is 1.85 bits per heavy atom. The second-order valence-corrected chi connectivity index (χ2v) is 4.61. The second-order valence-electron chi connectivity index (χ2n) is 4.18. The normalized spacial score (nSPS) is 10.2. The maximum absolute atomic E-state index is 12.0. The summed E-state index contributed by atoms with van der Waals surface area (Å²) in [6, 6.07) is 9.90. The molecule has 2 aromatic carbocycles. The van der Waals surface area contributed by atoms with Gasteiger partial charge in [-0.15, -0.1) is 0 Å². The van der Waals surface area contributed by atoms with Crippen LogP contribution in [0, 0.1) is 10.1 Å². The summed E-state index contributed by atoms with van der Waals surface area (Å²) >= 11 is 5.73. The molecule has 0 fully saturated rings. The molecule has 0 saturated heterocycles. The first-order valence-corrected chi connectivity index (χ1v) is 6.10. The molecule has 0 bridgehead atoms. The Morgan fingerprint density at radius 1 is 1.20 bits per heavy atom. The molecular weight excluding hydrogens is 282 g/mol. The van der Waals surface area contributed by atoms with Crippen LogP contribution in [0.2, 0.25) is 5.02 Å². The summed E-state index contributed by atoms with van der Waals surface area (Å²) in [7, 11) is 0. The van der Waals surface area contributed by atoms with Crippen LogP contribution >= 0.6 is 11.6 Å². The molecule has 20 heavy (non-hydrogen) atoms. The average molecular weight is 292 g/mol. The topological polar surface area (TPSA) is 80.4 Å². The molecule has 0 spiro atoms. The lowest BCUT2D eigenvalue weighted by atomic mass is 10.0. The maximum atomic E-state index is 12.0. The molecule has 0 aromatic heterocycles. The molecule has 1 N–H and O–H groups in total. The van der Waals surface area contributed by atoms with Crippen molar-refractivity contribution in [3.8, 4) is 5.75 Å². The summed E-state index contributed by atoms with van der Waals surface area (Å²) in [4.78, 5) is 22.1. The highest BCUT2D eigenvalue weighted by molar-refractivity contribution is 6.30. The maximum Gasteiger partial charge on any atom is 0.269 e. The number of nitro benzene ring substituents is 1. The number of hydrogen-bond acceptors (Lipinski definition) is 4. The fourth-order valence-corrected chi connectivity index (χ4v) is 1.86. The summed E-state index contributed by atoms with van der Waals surface area (Å²) in [5.41, 5.74) is 0.487. The van der Waals surface area contributed by atoms with Gasteiger partial charge >= 0.3 is 0 Å². The highest BCUT2D eigenvalue weighted by Gasteiger charge is 2.14. The van der Waals surface area contributed by atoms with Crippen LogP contribution in [0.15, 0.2) is 42.5 Å². The van der Waals surface area contributed by atoms with Gasteiger partial charge in [0.2, 0.25) is 0 Å². The van der Waals surface area contributed by atoms with Crippen LogP contribution in [-0.2, 0) is 6.42 Å². The number of halogens is 1. The standard InChI is InChI=1S/C14H10ClNO4/c15-11-3-1-9(2-4-11)14(18)8-10-7-12(16(19)20)5-6-13(10)17/h1-7,17H,8H2. The van der Waals surface area contributed by atoms with Crippen LogP contribution in [0.25, 0.3) is 0 Å². The minimum absolute atomic E-state index is 0.116. The van der Waals surface area contributed by atoms with Gasteiger partial charge in [-0.2, -0.15) is 0 Å². The number of phenolic OH excluding ortho intramolecular Hbond substituents is 1. The number of nitrogens with zero attached hydrogens (tertiary/aromatic N) is 1. The van der Waals surface area contributed by atoms with Crippen molar-refractivity contribution in [3.63, 3.8) is 0 Å². The Morgan fingerprint density at radius 3 is 2.45 bits per heavy atom. The van der Waals surface area contributed by atoms with Crippen LogP contribution in [0.4, 0.5) is 5.69 Å². The van der Waals surface area contributed by atoms with Gasteiger partial charge in [0.25, 0.3) is 5.69 Å². The highest BCUT2D eigenvalue weighted by atomic mass is 35.5. The average Bonchev–Trinajstić information content (AvgIpc) is 2.41. The van der Waals surface area contributed by atoms with Crippen molar-refractivity contribution in [2.45, 2.75) is 6.42 Å². The van der Waals surface area contributed by atoms with Crippen molar-refractivity contribution in [3.05, 3.63) is 68.7 Å². The zero-order valence-electron chi connectivity index (χ0n) is 10.2. The molecule has 6 heteroatoms. The Kier molecular flexibility index (Phi) is 4.00. The van der Waals surface area contributed by atoms with E-state index in [4.69, 9.17) is 11.6 Å². The molecule has 2 rings (SSSR count). The monoisotopic (exact) mass is 291 g/mol. The molecule has 0 aliphatic rings. The molecule has 102 valence electrons. The van der Waals surface area contributed by atoms with Crippen LogP contribution in [-0.4, -0.2) is 15.8 Å². The first kappa shape index (κ1) is 14.0.